The summed E-state index contributed by atoms with van der Waals surface area (Å²) in [5, 5.41) is 1.16. The van der Waals surface area contributed by atoms with Crippen molar-refractivity contribution in [2.24, 2.45) is 5.92 Å². The molecule has 0 bridgehead atoms. The Morgan fingerprint density at radius 2 is 1.84 bits per heavy atom. The Morgan fingerprint density at radius 1 is 1.12 bits per heavy atom. The van der Waals surface area contributed by atoms with Gasteiger partial charge < -0.3 is 4.57 Å². The van der Waals surface area contributed by atoms with Gasteiger partial charge in [0.2, 0.25) is 0 Å². The first-order valence-corrected chi connectivity index (χ1v) is 12.8. The number of aromatic nitrogens is 2. The zero-order chi connectivity index (χ0) is 17.6. The fourth-order valence-electron chi connectivity index (χ4n) is 4.47. The molecule has 4 heteroatoms. The summed E-state index contributed by atoms with van der Waals surface area (Å²) in [4.78, 5) is 17.6. The number of Topliss-reactive ketones (excluding diaryl/α,β-unsaturated/α-hetero) is 1. The minimum atomic E-state index is -1.68. The van der Waals surface area contributed by atoms with Gasteiger partial charge in [0, 0.05) is 18.7 Å². The Morgan fingerprint density at radius 3 is 2.56 bits per heavy atom. The molecule has 0 N–H and O–H groups in total. The van der Waals surface area contributed by atoms with Crippen LogP contribution in [0.2, 0.25) is 19.6 Å². The van der Waals surface area contributed by atoms with Crippen LogP contribution in [0, 0.1) is 5.92 Å². The Labute approximate surface area is 150 Å². The molecule has 4 rings (SSSR count). The van der Waals surface area contributed by atoms with Crippen LogP contribution in [0.15, 0.2) is 41.9 Å². The number of rotatable bonds is 3. The number of fused-ring (bicyclic) bond motifs is 3. The number of nitrogens with zero attached hydrogens (tertiary/aromatic N) is 2. The van der Waals surface area contributed by atoms with Gasteiger partial charge in [-0.25, -0.2) is 4.98 Å². The largest absolute Gasteiger partial charge is 0.330 e. The average molecular weight is 351 g/mol. The van der Waals surface area contributed by atoms with Gasteiger partial charge in [0.15, 0.2) is 5.78 Å². The van der Waals surface area contributed by atoms with Crippen LogP contribution in [0.4, 0.5) is 0 Å². The van der Waals surface area contributed by atoms with Gasteiger partial charge in [-0.15, -0.1) is 0 Å². The predicted molar refractivity (Wildman–Crippen MR) is 104 cm³/mol. The molecule has 2 aliphatic carbocycles. The monoisotopic (exact) mass is 350 g/mol. The molecule has 25 heavy (non-hydrogen) atoms. The van der Waals surface area contributed by atoms with Crippen molar-refractivity contribution in [3.63, 3.8) is 0 Å². The highest BCUT2D eigenvalue weighted by Crippen LogP contribution is 2.45. The average Bonchev–Trinajstić information content (AvgIpc) is 2.98. The zero-order valence-corrected chi connectivity index (χ0v) is 16.4. The molecule has 0 saturated carbocycles. The highest BCUT2D eigenvalue weighted by atomic mass is 28.3. The summed E-state index contributed by atoms with van der Waals surface area (Å²) < 4.78 is 2.29. The van der Waals surface area contributed by atoms with Crippen molar-refractivity contribution < 1.29 is 4.79 Å². The molecule has 2 aliphatic rings. The van der Waals surface area contributed by atoms with Gasteiger partial charge in [0.1, 0.15) is 0 Å². The molecule has 2 aromatic rings. The molecular formula is C21H26N2OSi. The summed E-state index contributed by atoms with van der Waals surface area (Å²) >= 11 is 0. The third kappa shape index (κ3) is 2.93. The number of hydrogen-bond acceptors (Lipinski definition) is 2. The molecule has 1 unspecified atom stereocenters. The second-order valence-corrected chi connectivity index (χ2v) is 13.4. The summed E-state index contributed by atoms with van der Waals surface area (Å²) in [5.74, 6) is 0.919. The molecule has 0 radical (unpaired) electrons. The van der Waals surface area contributed by atoms with Crippen molar-refractivity contribution >= 4 is 19.4 Å². The van der Waals surface area contributed by atoms with Crippen molar-refractivity contribution in [2.45, 2.75) is 51.9 Å². The highest BCUT2D eigenvalue weighted by molar-refractivity contribution is 6.88. The van der Waals surface area contributed by atoms with Crippen molar-refractivity contribution in [3.05, 3.63) is 58.8 Å². The first kappa shape index (κ1) is 16.5. The van der Waals surface area contributed by atoms with E-state index in [1.165, 1.54) is 16.8 Å². The number of carbonyl (C=O) groups is 1. The molecule has 130 valence electrons. The van der Waals surface area contributed by atoms with Crippen LogP contribution >= 0.6 is 0 Å². The SMILES string of the molecule is C[Si](C)(C)C1=C2c3ncn(Cc4ccccc4)c3CCC2CCC1=O. The van der Waals surface area contributed by atoms with E-state index in [1.807, 2.05) is 6.33 Å². The number of hydrogen-bond donors (Lipinski definition) is 0. The third-order valence-electron chi connectivity index (χ3n) is 5.55. The lowest BCUT2D eigenvalue weighted by atomic mass is 9.77. The fraction of sp³-hybridized carbons (Fsp3) is 0.429. The fourth-order valence-corrected chi connectivity index (χ4v) is 6.57. The number of ketones is 1. The van der Waals surface area contributed by atoms with Crippen molar-refractivity contribution in [3.8, 4) is 0 Å². The van der Waals surface area contributed by atoms with E-state index < -0.39 is 8.07 Å². The summed E-state index contributed by atoms with van der Waals surface area (Å²) in [6.45, 7) is 7.75. The van der Waals surface area contributed by atoms with E-state index in [4.69, 9.17) is 4.98 Å². The number of carbonyl (C=O) groups excluding carboxylic acids is 1. The first-order chi connectivity index (χ1) is 11.9. The van der Waals surface area contributed by atoms with E-state index in [9.17, 15) is 4.79 Å². The van der Waals surface area contributed by atoms with E-state index >= 15 is 0 Å². The third-order valence-corrected chi connectivity index (χ3v) is 7.60. The lowest BCUT2D eigenvalue weighted by molar-refractivity contribution is -0.115. The molecule has 0 saturated heterocycles. The molecule has 3 nitrogen and oxygen atoms in total. The topological polar surface area (TPSA) is 34.9 Å². The maximum atomic E-state index is 12.7. The number of benzene rings is 1. The minimum absolute atomic E-state index is 0.385. The maximum Gasteiger partial charge on any atom is 0.155 e. The molecule has 0 fully saturated rings. The van der Waals surface area contributed by atoms with Gasteiger partial charge in [-0.3, -0.25) is 4.79 Å². The Balaban J connectivity index is 1.81. The quantitative estimate of drug-likeness (QED) is 0.765. The second-order valence-electron chi connectivity index (χ2n) is 8.39. The van der Waals surface area contributed by atoms with Crippen molar-refractivity contribution in [2.75, 3.05) is 0 Å². The lowest BCUT2D eigenvalue weighted by Crippen LogP contribution is -2.36. The first-order valence-electron chi connectivity index (χ1n) is 9.31. The van der Waals surface area contributed by atoms with Gasteiger partial charge in [-0.05, 0) is 41.5 Å². The van der Waals surface area contributed by atoms with Crippen LogP contribution in [-0.2, 0) is 17.8 Å². The Kier molecular flexibility index (Phi) is 4.03. The Hall–Kier alpha value is -1.94. The smallest absolute Gasteiger partial charge is 0.155 e. The molecule has 1 aromatic heterocycles. The second kappa shape index (κ2) is 6.10. The lowest BCUT2D eigenvalue weighted by Gasteiger charge is -2.35. The maximum absolute atomic E-state index is 12.7. The summed E-state index contributed by atoms with van der Waals surface area (Å²) in [6, 6.07) is 10.5. The van der Waals surface area contributed by atoms with E-state index in [-0.39, 0.29) is 0 Å². The Bertz CT molecular complexity index is 843. The van der Waals surface area contributed by atoms with Crippen molar-refractivity contribution in [1.82, 2.24) is 9.55 Å². The summed E-state index contributed by atoms with van der Waals surface area (Å²) in [7, 11) is -1.68. The zero-order valence-electron chi connectivity index (χ0n) is 15.4. The summed E-state index contributed by atoms with van der Waals surface area (Å²) in [5.41, 5.74) is 5.05. The van der Waals surface area contributed by atoms with Crippen LogP contribution < -0.4 is 0 Å². The molecule has 0 aliphatic heterocycles. The number of allylic oxidation sites excluding steroid dienone is 2. The molecular weight excluding hydrogens is 324 g/mol. The van der Waals surface area contributed by atoms with E-state index in [0.29, 0.717) is 11.7 Å². The molecule has 0 spiro atoms. The van der Waals surface area contributed by atoms with Crippen LogP contribution in [0.25, 0.3) is 5.57 Å². The van der Waals surface area contributed by atoms with Gasteiger partial charge >= 0.3 is 0 Å². The number of imidazole rings is 1. The van der Waals surface area contributed by atoms with Gasteiger partial charge in [0.25, 0.3) is 0 Å². The molecule has 0 amide bonds. The van der Waals surface area contributed by atoms with Crippen LogP contribution in [0.1, 0.15) is 36.2 Å². The van der Waals surface area contributed by atoms with Gasteiger partial charge in [-0.1, -0.05) is 50.0 Å². The molecule has 1 heterocycles. The van der Waals surface area contributed by atoms with Gasteiger partial charge in [-0.2, -0.15) is 0 Å². The molecule has 1 atom stereocenters. The van der Waals surface area contributed by atoms with Crippen LogP contribution in [0.3, 0.4) is 0 Å². The van der Waals surface area contributed by atoms with Crippen LogP contribution in [0.5, 0.6) is 0 Å². The van der Waals surface area contributed by atoms with Gasteiger partial charge in [0.05, 0.1) is 20.1 Å². The standard InChI is InChI=1S/C21H26N2OSi/c1-25(2,3)21-18(24)12-10-16-9-11-17-20(19(16)21)22-14-23(17)13-15-7-5-4-6-8-15/h4-8,14,16H,9-13H2,1-3H3. The van der Waals surface area contributed by atoms with E-state index in [0.717, 1.165) is 43.1 Å². The normalized spacial score (nSPS) is 20.4. The van der Waals surface area contributed by atoms with Crippen molar-refractivity contribution in [1.29, 1.82) is 0 Å². The summed E-state index contributed by atoms with van der Waals surface area (Å²) in [6.07, 6.45) is 5.95. The minimum Gasteiger partial charge on any atom is -0.330 e. The van der Waals surface area contributed by atoms with E-state index in [1.54, 1.807) is 0 Å². The predicted octanol–water partition coefficient (Wildman–Crippen LogP) is 4.49. The molecule has 1 aromatic carbocycles. The van der Waals surface area contributed by atoms with E-state index in [2.05, 4.69) is 54.5 Å². The highest BCUT2D eigenvalue weighted by Gasteiger charge is 2.39. The van der Waals surface area contributed by atoms with Crippen LogP contribution in [-0.4, -0.2) is 23.4 Å².